The Labute approximate surface area is 193 Å². The van der Waals surface area contributed by atoms with Crippen LogP contribution in [0.25, 0.3) is 6.08 Å². The van der Waals surface area contributed by atoms with E-state index in [0.29, 0.717) is 10.8 Å². The number of hydrogen-bond donors (Lipinski definition) is 1. The summed E-state index contributed by atoms with van der Waals surface area (Å²) in [6.07, 6.45) is 4.73. The number of thiazole rings is 1. The second kappa shape index (κ2) is 8.51. The number of aryl methyl sites for hydroxylation is 1. The number of carboxylic acid groups (broad SMARTS) is 1. The zero-order chi connectivity index (χ0) is 23.1. The number of rotatable bonds is 4. The van der Waals surface area contributed by atoms with Gasteiger partial charge in [-0.05, 0) is 73.2 Å². The van der Waals surface area contributed by atoms with Crippen LogP contribution in [0.1, 0.15) is 51.8 Å². The molecular weight excluding hydrogens is 444 g/mol. The third kappa shape index (κ3) is 4.06. The molecule has 2 aromatic carbocycles. The van der Waals surface area contributed by atoms with Crippen molar-refractivity contribution >= 4 is 34.2 Å². The second-order valence-corrected chi connectivity index (χ2v) is 9.24. The molecule has 1 fully saturated rings. The Morgan fingerprint density at radius 2 is 1.79 bits per heavy atom. The summed E-state index contributed by atoms with van der Waals surface area (Å²) in [6, 6.07) is 12.5. The number of benzene rings is 2. The summed E-state index contributed by atoms with van der Waals surface area (Å²) in [5.74, 6) is -1.57. The number of fused-ring (bicyclic) bond motifs is 1. The lowest BCUT2D eigenvalue weighted by molar-refractivity contribution is 0.0701. The Morgan fingerprint density at radius 1 is 1.12 bits per heavy atom. The highest BCUT2D eigenvalue weighted by atomic mass is 32.1. The smallest absolute Gasteiger partial charge is 0.347 e. The van der Waals surface area contributed by atoms with E-state index in [4.69, 9.17) is 5.10 Å². The van der Waals surface area contributed by atoms with Crippen LogP contribution in [0.5, 0.6) is 0 Å². The van der Waals surface area contributed by atoms with Crippen LogP contribution < -0.4 is 5.01 Å². The zero-order valence-electron chi connectivity index (χ0n) is 17.8. The highest BCUT2D eigenvalue weighted by Gasteiger charge is 2.43. The average Bonchev–Trinajstić information content (AvgIpc) is 3.37. The molecule has 5 nitrogen and oxygen atoms in total. The van der Waals surface area contributed by atoms with Crippen LogP contribution >= 0.6 is 11.3 Å². The SMILES string of the molecule is Cc1nc(N2N=C3/C(=C/c4ccc(F)cc4)CCC[C@@H]3[C@@H]2c2ccc(F)cc2)sc1C(=O)O. The molecular formula is C25H21F2N3O2S. The van der Waals surface area contributed by atoms with Crippen LogP contribution in [0.2, 0.25) is 0 Å². The van der Waals surface area contributed by atoms with Gasteiger partial charge in [0.1, 0.15) is 16.5 Å². The lowest BCUT2D eigenvalue weighted by Crippen LogP contribution is -2.28. The van der Waals surface area contributed by atoms with Gasteiger partial charge < -0.3 is 5.11 Å². The first-order valence-electron chi connectivity index (χ1n) is 10.7. The van der Waals surface area contributed by atoms with Crippen LogP contribution in [0.3, 0.4) is 0 Å². The van der Waals surface area contributed by atoms with Gasteiger partial charge in [-0.25, -0.2) is 23.6 Å². The number of aromatic nitrogens is 1. The van der Waals surface area contributed by atoms with Gasteiger partial charge in [-0.3, -0.25) is 0 Å². The number of anilines is 1. The van der Waals surface area contributed by atoms with Gasteiger partial charge in [0.15, 0.2) is 0 Å². The molecule has 1 aliphatic heterocycles. The summed E-state index contributed by atoms with van der Waals surface area (Å²) in [7, 11) is 0. The maximum Gasteiger partial charge on any atom is 0.347 e. The molecule has 0 radical (unpaired) electrons. The minimum Gasteiger partial charge on any atom is -0.477 e. The second-order valence-electron chi connectivity index (χ2n) is 8.26. The molecule has 0 bridgehead atoms. The van der Waals surface area contributed by atoms with Crippen molar-refractivity contribution in [2.75, 3.05) is 5.01 Å². The quantitative estimate of drug-likeness (QED) is 0.496. The molecule has 168 valence electrons. The van der Waals surface area contributed by atoms with Crippen molar-refractivity contribution in [1.82, 2.24) is 4.98 Å². The van der Waals surface area contributed by atoms with Gasteiger partial charge in [0.2, 0.25) is 5.13 Å². The Balaban J connectivity index is 1.60. The van der Waals surface area contributed by atoms with Gasteiger partial charge in [0.25, 0.3) is 0 Å². The topological polar surface area (TPSA) is 65.8 Å². The first-order valence-corrected chi connectivity index (χ1v) is 11.5. The van der Waals surface area contributed by atoms with Crippen LogP contribution in [-0.4, -0.2) is 21.8 Å². The lowest BCUT2D eigenvalue weighted by atomic mass is 9.77. The van der Waals surface area contributed by atoms with E-state index in [9.17, 15) is 18.7 Å². The average molecular weight is 466 g/mol. The molecule has 3 aromatic rings. The minimum absolute atomic E-state index is 0.0494. The van der Waals surface area contributed by atoms with Gasteiger partial charge in [0.05, 0.1) is 17.4 Å². The normalized spacial score (nSPS) is 21.2. The van der Waals surface area contributed by atoms with Gasteiger partial charge in [-0.1, -0.05) is 35.6 Å². The molecule has 1 aromatic heterocycles. The first-order chi connectivity index (χ1) is 15.9. The van der Waals surface area contributed by atoms with Crippen molar-refractivity contribution in [2.45, 2.75) is 32.2 Å². The maximum absolute atomic E-state index is 13.7. The van der Waals surface area contributed by atoms with E-state index in [-0.39, 0.29) is 28.5 Å². The molecule has 1 saturated carbocycles. The summed E-state index contributed by atoms with van der Waals surface area (Å²) < 4.78 is 27.0. The van der Waals surface area contributed by atoms with Crippen molar-refractivity contribution in [2.24, 2.45) is 11.0 Å². The van der Waals surface area contributed by atoms with Crippen LogP contribution in [0.4, 0.5) is 13.9 Å². The van der Waals surface area contributed by atoms with Crippen LogP contribution in [-0.2, 0) is 0 Å². The van der Waals surface area contributed by atoms with Crippen molar-refractivity contribution in [3.8, 4) is 0 Å². The standard InChI is InChI=1S/C25H21F2N3O2S/c1-14-23(24(31)32)33-25(28-14)30-22(16-7-11-19(27)12-8-16)20-4-2-3-17(21(20)29-30)13-15-5-9-18(26)10-6-15/h5-13,20,22H,2-4H2,1H3,(H,31,32)/b17-13+/t20-,22-/m0/s1. The summed E-state index contributed by atoms with van der Waals surface area (Å²) in [5, 5.41) is 16.7. The lowest BCUT2D eigenvalue weighted by Gasteiger charge is -2.29. The molecule has 1 aliphatic carbocycles. The summed E-state index contributed by atoms with van der Waals surface area (Å²) in [4.78, 5) is 16.3. The summed E-state index contributed by atoms with van der Waals surface area (Å²) >= 11 is 1.09. The Hall–Kier alpha value is -3.39. The number of allylic oxidation sites excluding steroid dienone is 1. The monoisotopic (exact) mass is 465 g/mol. The van der Waals surface area contributed by atoms with Gasteiger partial charge >= 0.3 is 5.97 Å². The molecule has 2 aliphatic rings. The van der Waals surface area contributed by atoms with Crippen LogP contribution in [0, 0.1) is 24.5 Å². The Bertz CT molecular complexity index is 1270. The number of carbonyl (C=O) groups is 1. The van der Waals surface area contributed by atoms with Crippen molar-refractivity contribution < 1.29 is 18.7 Å². The molecule has 0 spiro atoms. The maximum atomic E-state index is 13.7. The highest BCUT2D eigenvalue weighted by Crippen LogP contribution is 2.47. The van der Waals surface area contributed by atoms with E-state index < -0.39 is 5.97 Å². The molecule has 0 saturated heterocycles. The van der Waals surface area contributed by atoms with Crippen molar-refractivity contribution in [1.29, 1.82) is 0 Å². The van der Waals surface area contributed by atoms with Crippen molar-refractivity contribution in [3.05, 3.63) is 87.4 Å². The number of hydrogen-bond acceptors (Lipinski definition) is 5. The summed E-state index contributed by atoms with van der Waals surface area (Å²) in [5.41, 5.74) is 4.22. The fraction of sp³-hybridized carbons (Fsp3) is 0.240. The largest absolute Gasteiger partial charge is 0.477 e. The fourth-order valence-electron chi connectivity index (χ4n) is 4.59. The van der Waals surface area contributed by atoms with E-state index >= 15 is 0 Å². The molecule has 5 rings (SSSR count). The molecule has 2 atom stereocenters. The van der Waals surface area contributed by atoms with Gasteiger partial charge in [-0.15, -0.1) is 0 Å². The van der Waals surface area contributed by atoms with Crippen molar-refractivity contribution in [3.63, 3.8) is 0 Å². The predicted octanol–water partition coefficient (Wildman–Crippen LogP) is 6.23. The number of aromatic carboxylic acids is 1. The summed E-state index contributed by atoms with van der Waals surface area (Å²) in [6.45, 7) is 1.67. The first kappa shape index (κ1) is 21.5. The van der Waals surface area contributed by atoms with E-state index in [1.54, 1.807) is 36.2 Å². The van der Waals surface area contributed by atoms with Gasteiger partial charge in [0, 0.05) is 5.92 Å². The van der Waals surface area contributed by atoms with E-state index in [1.807, 2.05) is 6.08 Å². The van der Waals surface area contributed by atoms with E-state index in [0.717, 1.165) is 53.0 Å². The Kier molecular flexibility index (Phi) is 5.54. The number of hydrazone groups is 1. The molecule has 2 heterocycles. The molecule has 8 heteroatoms. The fourth-order valence-corrected chi connectivity index (χ4v) is 5.48. The zero-order valence-corrected chi connectivity index (χ0v) is 18.6. The number of halogens is 2. The molecule has 0 amide bonds. The predicted molar refractivity (Wildman–Crippen MR) is 125 cm³/mol. The Morgan fingerprint density at radius 3 is 2.42 bits per heavy atom. The highest BCUT2D eigenvalue weighted by molar-refractivity contribution is 7.17. The minimum atomic E-state index is -1.02. The van der Waals surface area contributed by atoms with Gasteiger partial charge in [-0.2, -0.15) is 5.10 Å². The molecule has 0 unspecified atom stereocenters. The molecule has 33 heavy (non-hydrogen) atoms. The van der Waals surface area contributed by atoms with E-state index in [2.05, 4.69) is 4.98 Å². The number of carboxylic acids is 1. The molecule has 1 N–H and O–H groups in total. The third-order valence-corrected chi connectivity index (χ3v) is 7.23. The van der Waals surface area contributed by atoms with Crippen LogP contribution in [0.15, 0.2) is 59.2 Å². The van der Waals surface area contributed by atoms with E-state index in [1.165, 1.54) is 24.3 Å². The third-order valence-electron chi connectivity index (χ3n) is 6.10. The number of nitrogens with zero attached hydrogens (tertiary/aromatic N) is 3.